The number of anilines is 1. The van der Waals surface area contributed by atoms with Crippen molar-refractivity contribution in [3.05, 3.63) is 64.8 Å². The number of hydrogen-bond acceptors (Lipinski definition) is 4. The van der Waals surface area contributed by atoms with E-state index < -0.39 is 0 Å². The molecule has 23 heavy (non-hydrogen) atoms. The number of aryl methyl sites for hydroxylation is 2. The molecule has 0 radical (unpaired) electrons. The summed E-state index contributed by atoms with van der Waals surface area (Å²) in [4.78, 5) is 21.8. The average Bonchev–Trinajstić information content (AvgIpc) is 2.96. The van der Waals surface area contributed by atoms with Crippen molar-refractivity contribution in [1.82, 2.24) is 9.97 Å². The van der Waals surface area contributed by atoms with Gasteiger partial charge in [-0.25, -0.2) is 4.98 Å². The molecule has 3 rings (SSSR count). The molecule has 0 unspecified atom stereocenters. The van der Waals surface area contributed by atoms with E-state index >= 15 is 0 Å². The molecule has 0 spiro atoms. The number of benzene rings is 1. The molecule has 4 nitrogen and oxygen atoms in total. The van der Waals surface area contributed by atoms with E-state index in [1.54, 1.807) is 24.5 Å². The highest BCUT2D eigenvalue weighted by Gasteiger charge is 2.13. The van der Waals surface area contributed by atoms with Crippen LogP contribution in [-0.2, 0) is 6.42 Å². The van der Waals surface area contributed by atoms with Crippen LogP contribution in [0.1, 0.15) is 27.7 Å². The number of amides is 1. The number of rotatable bonds is 4. The van der Waals surface area contributed by atoms with E-state index in [2.05, 4.69) is 46.5 Å². The smallest absolute Gasteiger partial charge is 0.259 e. The van der Waals surface area contributed by atoms with E-state index in [1.165, 1.54) is 16.9 Å². The summed E-state index contributed by atoms with van der Waals surface area (Å²) in [5.41, 5.74) is 3.80. The van der Waals surface area contributed by atoms with Crippen molar-refractivity contribution in [2.24, 2.45) is 0 Å². The molecule has 0 saturated carbocycles. The predicted molar refractivity (Wildman–Crippen MR) is 93.9 cm³/mol. The van der Waals surface area contributed by atoms with Gasteiger partial charge < -0.3 is 0 Å². The Morgan fingerprint density at radius 3 is 2.65 bits per heavy atom. The van der Waals surface area contributed by atoms with Crippen LogP contribution in [0, 0.1) is 6.92 Å². The van der Waals surface area contributed by atoms with E-state index in [0.717, 1.165) is 22.6 Å². The van der Waals surface area contributed by atoms with Crippen LogP contribution in [0.15, 0.2) is 48.8 Å². The van der Waals surface area contributed by atoms with Crippen LogP contribution in [0.2, 0.25) is 0 Å². The van der Waals surface area contributed by atoms with Crippen molar-refractivity contribution in [2.45, 2.75) is 20.3 Å². The molecule has 2 heterocycles. The second-order valence-corrected chi connectivity index (χ2v) is 6.37. The zero-order chi connectivity index (χ0) is 16.2. The maximum absolute atomic E-state index is 12.2. The van der Waals surface area contributed by atoms with Crippen molar-refractivity contribution in [2.75, 3.05) is 5.32 Å². The number of carbonyl (C=O) groups is 1. The number of nitrogens with one attached hydrogen (secondary N) is 1. The first-order chi connectivity index (χ1) is 11.2. The Morgan fingerprint density at radius 2 is 2.00 bits per heavy atom. The Balaban J connectivity index is 1.81. The summed E-state index contributed by atoms with van der Waals surface area (Å²) in [5, 5.41) is 3.44. The topological polar surface area (TPSA) is 54.9 Å². The van der Waals surface area contributed by atoms with Crippen molar-refractivity contribution >= 4 is 22.4 Å². The lowest BCUT2D eigenvalue weighted by Crippen LogP contribution is -2.11. The van der Waals surface area contributed by atoms with Crippen LogP contribution < -0.4 is 5.32 Å². The second kappa shape index (κ2) is 6.71. The van der Waals surface area contributed by atoms with Gasteiger partial charge in [0, 0.05) is 22.8 Å². The summed E-state index contributed by atoms with van der Waals surface area (Å²) in [5.74, 6) is -0.195. The van der Waals surface area contributed by atoms with Gasteiger partial charge in [-0.2, -0.15) is 0 Å². The summed E-state index contributed by atoms with van der Waals surface area (Å²) < 4.78 is 0. The third-order valence-corrected chi connectivity index (χ3v) is 4.46. The fourth-order valence-electron chi connectivity index (χ4n) is 2.28. The maximum atomic E-state index is 12.2. The van der Waals surface area contributed by atoms with Crippen molar-refractivity contribution in [3.63, 3.8) is 0 Å². The van der Waals surface area contributed by atoms with Crippen molar-refractivity contribution in [3.8, 4) is 11.3 Å². The normalized spacial score (nSPS) is 10.5. The number of carbonyl (C=O) groups excluding carboxylic acids is 1. The van der Waals surface area contributed by atoms with Gasteiger partial charge in [0.1, 0.15) is 0 Å². The Bertz CT molecular complexity index is 810. The summed E-state index contributed by atoms with van der Waals surface area (Å²) in [6.07, 6.45) is 4.20. The monoisotopic (exact) mass is 323 g/mol. The largest absolute Gasteiger partial charge is 0.298 e. The number of pyridine rings is 1. The first-order valence-electron chi connectivity index (χ1n) is 7.45. The Hall–Kier alpha value is -2.53. The molecule has 5 heteroatoms. The number of aromatic nitrogens is 2. The van der Waals surface area contributed by atoms with Crippen LogP contribution in [0.5, 0.6) is 0 Å². The molecule has 116 valence electrons. The molecule has 2 aromatic heterocycles. The molecule has 1 amide bonds. The van der Waals surface area contributed by atoms with E-state index in [4.69, 9.17) is 0 Å². The summed E-state index contributed by atoms with van der Waals surface area (Å²) in [6.45, 7) is 4.15. The van der Waals surface area contributed by atoms with Gasteiger partial charge in [-0.3, -0.25) is 15.1 Å². The minimum atomic E-state index is -0.195. The summed E-state index contributed by atoms with van der Waals surface area (Å²) in [7, 11) is 0. The van der Waals surface area contributed by atoms with Gasteiger partial charge in [0.25, 0.3) is 5.91 Å². The SMILES string of the molecule is CCc1ccc(-c2nc(NC(=O)c3cccnc3)sc2C)cc1. The first kappa shape index (κ1) is 15.4. The molecule has 0 fully saturated rings. The molecular formula is C18H17N3OS. The Kier molecular flexibility index (Phi) is 4.48. The van der Waals surface area contributed by atoms with Gasteiger partial charge in [-0.1, -0.05) is 31.2 Å². The van der Waals surface area contributed by atoms with Crippen molar-refractivity contribution < 1.29 is 4.79 Å². The van der Waals surface area contributed by atoms with E-state index in [9.17, 15) is 4.79 Å². The van der Waals surface area contributed by atoms with Crippen LogP contribution in [0.4, 0.5) is 5.13 Å². The van der Waals surface area contributed by atoms with Gasteiger partial charge in [-0.15, -0.1) is 11.3 Å². The quantitative estimate of drug-likeness (QED) is 0.777. The van der Waals surface area contributed by atoms with E-state index in [1.807, 2.05) is 6.92 Å². The average molecular weight is 323 g/mol. The molecule has 0 aliphatic carbocycles. The summed E-state index contributed by atoms with van der Waals surface area (Å²) >= 11 is 1.48. The lowest BCUT2D eigenvalue weighted by Gasteiger charge is -2.01. The first-order valence-corrected chi connectivity index (χ1v) is 8.27. The minimum Gasteiger partial charge on any atom is -0.298 e. The Morgan fingerprint density at radius 1 is 1.22 bits per heavy atom. The molecule has 0 bridgehead atoms. The molecule has 3 aromatic rings. The maximum Gasteiger partial charge on any atom is 0.259 e. The van der Waals surface area contributed by atoms with Crippen LogP contribution >= 0.6 is 11.3 Å². The third-order valence-electron chi connectivity index (χ3n) is 3.58. The van der Waals surface area contributed by atoms with Gasteiger partial charge in [0.05, 0.1) is 11.3 Å². The van der Waals surface area contributed by atoms with Gasteiger partial charge in [0.2, 0.25) is 0 Å². The van der Waals surface area contributed by atoms with Gasteiger partial charge in [-0.05, 0) is 31.0 Å². The predicted octanol–water partition coefficient (Wildman–Crippen LogP) is 4.33. The molecule has 0 aliphatic heterocycles. The standard InChI is InChI=1S/C18H17N3OS/c1-3-13-6-8-14(9-7-13)16-12(2)23-18(20-16)21-17(22)15-5-4-10-19-11-15/h4-11H,3H2,1-2H3,(H,20,21,22). The van der Waals surface area contributed by atoms with Crippen molar-refractivity contribution in [1.29, 1.82) is 0 Å². The molecule has 1 N–H and O–H groups in total. The second-order valence-electron chi connectivity index (χ2n) is 5.17. The highest BCUT2D eigenvalue weighted by Crippen LogP contribution is 2.30. The molecule has 0 saturated heterocycles. The van der Waals surface area contributed by atoms with E-state index in [0.29, 0.717) is 10.7 Å². The Labute approximate surface area is 139 Å². The van der Waals surface area contributed by atoms with Crippen LogP contribution in [0.25, 0.3) is 11.3 Å². The highest BCUT2D eigenvalue weighted by atomic mass is 32.1. The number of thiazole rings is 1. The fraction of sp³-hybridized carbons (Fsp3) is 0.167. The minimum absolute atomic E-state index is 0.195. The van der Waals surface area contributed by atoms with Gasteiger partial charge in [0.15, 0.2) is 5.13 Å². The molecular weight excluding hydrogens is 306 g/mol. The summed E-state index contributed by atoms with van der Waals surface area (Å²) in [6, 6.07) is 11.8. The molecule has 1 aromatic carbocycles. The lowest BCUT2D eigenvalue weighted by molar-refractivity contribution is 0.102. The molecule has 0 atom stereocenters. The number of hydrogen-bond donors (Lipinski definition) is 1. The van der Waals surface area contributed by atoms with E-state index in [-0.39, 0.29) is 5.91 Å². The fourth-order valence-corrected chi connectivity index (χ4v) is 3.11. The zero-order valence-corrected chi connectivity index (χ0v) is 13.9. The highest BCUT2D eigenvalue weighted by molar-refractivity contribution is 7.16. The van der Waals surface area contributed by atoms with Gasteiger partial charge >= 0.3 is 0 Å². The lowest BCUT2D eigenvalue weighted by atomic mass is 10.1. The number of nitrogens with zero attached hydrogens (tertiary/aromatic N) is 2. The molecule has 0 aliphatic rings. The zero-order valence-electron chi connectivity index (χ0n) is 13.0. The van der Waals surface area contributed by atoms with Crippen LogP contribution in [0.3, 0.4) is 0 Å². The van der Waals surface area contributed by atoms with Crippen LogP contribution in [-0.4, -0.2) is 15.9 Å². The third kappa shape index (κ3) is 3.46.